The maximum absolute atomic E-state index is 12.2. The number of halogens is 2. The highest BCUT2D eigenvalue weighted by atomic mass is 35.5. The minimum atomic E-state index is -3.96. The Hall–Kier alpha value is -1.64. The van der Waals surface area contributed by atoms with E-state index in [0.29, 0.717) is 0 Å². The first-order chi connectivity index (χ1) is 9.31. The maximum atomic E-state index is 12.2. The second-order valence-corrected chi connectivity index (χ2v) is 6.45. The topological polar surface area (TPSA) is 110 Å². The molecule has 0 aliphatic carbocycles. The zero-order chi connectivity index (χ0) is 14.9. The number of sulfone groups is 1. The molecule has 0 unspecified atom stereocenters. The Morgan fingerprint density at radius 2 is 2.05 bits per heavy atom. The number of hydrogen-bond acceptors (Lipinski definition) is 6. The third-order valence-electron chi connectivity index (χ3n) is 2.30. The van der Waals surface area contributed by atoms with E-state index in [1.165, 1.54) is 0 Å². The average Bonchev–Trinajstić information content (AvgIpc) is 2.83. The second kappa shape index (κ2) is 5.39. The molecular weight excluding hydrogens is 331 g/mol. The van der Waals surface area contributed by atoms with Gasteiger partial charge in [-0.25, -0.2) is 13.2 Å². The summed E-state index contributed by atoms with van der Waals surface area (Å²) in [6.07, 6.45) is 0.979. The Labute approximate surface area is 123 Å². The van der Waals surface area contributed by atoms with Gasteiger partial charge >= 0.3 is 5.97 Å². The van der Waals surface area contributed by atoms with Gasteiger partial charge in [0, 0.05) is 5.02 Å². The van der Waals surface area contributed by atoms with E-state index < -0.39 is 37.0 Å². The molecule has 0 fully saturated rings. The molecule has 0 spiro atoms. The Morgan fingerprint density at radius 3 is 2.60 bits per heavy atom. The molecule has 2 rings (SSSR count). The summed E-state index contributed by atoms with van der Waals surface area (Å²) in [6.45, 7) is 0. The Balaban J connectivity index is 2.54. The van der Waals surface area contributed by atoms with Crippen molar-refractivity contribution in [1.82, 2.24) is 10.1 Å². The van der Waals surface area contributed by atoms with Crippen LogP contribution in [-0.4, -0.2) is 29.6 Å². The van der Waals surface area contributed by atoms with E-state index in [2.05, 4.69) is 14.7 Å². The first kappa shape index (κ1) is 14.8. The van der Waals surface area contributed by atoms with Crippen LogP contribution in [0.3, 0.4) is 0 Å². The fraction of sp³-hybridized carbons (Fsp3) is 0.100. The largest absolute Gasteiger partial charge is 0.478 e. The molecule has 1 aromatic carbocycles. The minimum absolute atomic E-state index is 0.0570. The van der Waals surface area contributed by atoms with Crippen molar-refractivity contribution < 1.29 is 22.8 Å². The number of rotatable bonds is 4. The highest BCUT2D eigenvalue weighted by molar-refractivity contribution is 7.90. The van der Waals surface area contributed by atoms with Gasteiger partial charge in [0.2, 0.25) is 6.39 Å². The summed E-state index contributed by atoms with van der Waals surface area (Å²) in [7, 11) is -3.96. The lowest BCUT2D eigenvalue weighted by Gasteiger charge is -2.08. The standard InChI is InChI=1S/C10H6Cl2N2O5S/c11-5-1-6(10(15)16)9(12)7(2-5)20(17,18)3-8-13-4-19-14-8/h1-2,4H,3H2,(H,15,16). The molecule has 0 saturated carbocycles. The van der Waals surface area contributed by atoms with Crippen LogP contribution in [0.25, 0.3) is 0 Å². The summed E-state index contributed by atoms with van der Waals surface area (Å²) in [5.41, 5.74) is -0.397. The lowest BCUT2D eigenvalue weighted by atomic mass is 10.2. The number of aromatic carboxylic acids is 1. The van der Waals surface area contributed by atoms with Gasteiger partial charge in [0.15, 0.2) is 15.7 Å². The van der Waals surface area contributed by atoms with E-state index in [1.54, 1.807) is 0 Å². The number of nitrogens with zero attached hydrogens (tertiary/aromatic N) is 2. The molecule has 1 N–H and O–H groups in total. The van der Waals surface area contributed by atoms with Crippen molar-refractivity contribution in [3.63, 3.8) is 0 Å². The quantitative estimate of drug-likeness (QED) is 0.909. The lowest BCUT2D eigenvalue weighted by molar-refractivity contribution is 0.0697. The highest BCUT2D eigenvalue weighted by Gasteiger charge is 2.25. The Kier molecular flexibility index (Phi) is 3.98. The molecule has 0 atom stereocenters. The van der Waals surface area contributed by atoms with Crippen molar-refractivity contribution in [1.29, 1.82) is 0 Å². The number of aromatic nitrogens is 2. The molecule has 1 aromatic heterocycles. The molecule has 20 heavy (non-hydrogen) atoms. The van der Waals surface area contributed by atoms with Crippen molar-refractivity contribution in [2.45, 2.75) is 10.6 Å². The van der Waals surface area contributed by atoms with E-state index in [9.17, 15) is 13.2 Å². The predicted molar refractivity (Wildman–Crippen MR) is 68.6 cm³/mol. The molecule has 7 nitrogen and oxygen atoms in total. The van der Waals surface area contributed by atoms with Crippen LogP contribution < -0.4 is 0 Å². The van der Waals surface area contributed by atoms with Gasteiger partial charge in [-0.3, -0.25) is 0 Å². The summed E-state index contributed by atoms with van der Waals surface area (Å²) in [4.78, 5) is 14.2. The highest BCUT2D eigenvalue weighted by Crippen LogP contribution is 2.31. The SMILES string of the molecule is O=C(O)c1cc(Cl)cc(S(=O)(=O)Cc2ncon2)c1Cl. The number of carboxylic acids is 1. The third-order valence-corrected chi connectivity index (χ3v) is 4.66. The van der Waals surface area contributed by atoms with Crippen molar-refractivity contribution in [2.24, 2.45) is 0 Å². The molecule has 0 saturated heterocycles. The van der Waals surface area contributed by atoms with Gasteiger partial charge in [-0.1, -0.05) is 28.4 Å². The first-order valence-electron chi connectivity index (χ1n) is 5.01. The summed E-state index contributed by atoms with van der Waals surface area (Å²) in [5.74, 6) is -2.03. The third kappa shape index (κ3) is 2.92. The molecule has 106 valence electrons. The zero-order valence-corrected chi connectivity index (χ0v) is 11.9. The fourth-order valence-corrected chi connectivity index (χ4v) is 3.59. The van der Waals surface area contributed by atoms with E-state index in [-0.39, 0.29) is 10.8 Å². The van der Waals surface area contributed by atoms with Crippen molar-refractivity contribution >= 4 is 39.0 Å². The van der Waals surface area contributed by atoms with Crippen LogP contribution >= 0.6 is 23.2 Å². The number of carboxylic acid groups (broad SMARTS) is 1. The van der Waals surface area contributed by atoms with Crippen molar-refractivity contribution in [3.05, 3.63) is 40.0 Å². The molecular formula is C10H6Cl2N2O5S. The predicted octanol–water partition coefficient (Wildman–Crippen LogP) is 2.05. The van der Waals surface area contributed by atoms with Crippen molar-refractivity contribution in [3.8, 4) is 0 Å². The number of carbonyl (C=O) groups is 1. The molecule has 0 aliphatic rings. The van der Waals surface area contributed by atoms with Crippen LogP contribution in [0.5, 0.6) is 0 Å². The van der Waals surface area contributed by atoms with Gasteiger partial charge in [0.05, 0.1) is 15.5 Å². The summed E-state index contributed by atoms with van der Waals surface area (Å²) < 4.78 is 28.8. The minimum Gasteiger partial charge on any atom is -0.478 e. The lowest BCUT2D eigenvalue weighted by Crippen LogP contribution is -2.09. The van der Waals surface area contributed by atoms with Crippen LogP contribution in [0.1, 0.15) is 16.2 Å². The van der Waals surface area contributed by atoms with Crippen LogP contribution in [0.2, 0.25) is 10.0 Å². The zero-order valence-electron chi connectivity index (χ0n) is 9.58. The van der Waals surface area contributed by atoms with E-state index in [4.69, 9.17) is 28.3 Å². The Morgan fingerprint density at radius 1 is 1.35 bits per heavy atom. The van der Waals surface area contributed by atoms with Crippen LogP contribution in [-0.2, 0) is 15.6 Å². The molecule has 0 aliphatic heterocycles. The van der Waals surface area contributed by atoms with Gasteiger partial charge < -0.3 is 9.63 Å². The van der Waals surface area contributed by atoms with E-state index >= 15 is 0 Å². The maximum Gasteiger partial charge on any atom is 0.337 e. The van der Waals surface area contributed by atoms with Crippen molar-refractivity contribution in [2.75, 3.05) is 0 Å². The molecule has 0 amide bonds. The van der Waals surface area contributed by atoms with Gasteiger partial charge in [-0.2, -0.15) is 4.98 Å². The van der Waals surface area contributed by atoms with Gasteiger partial charge in [0.1, 0.15) is 5.75 Å². The van der Waals surface area contributed by atoms with Gasteiger partial charge in [-0.05, 0) is 12.1 Å². The molecule has 10 heteroatoms. The number of benzene rings is 1. The molecule has 2 aromatic rings. The van der Waals surface area contributed by atoms with Gasteiger partial charge in [-0.15, -0.1) is 0 Å². The monoisotopic (exact) mass is 336 g/mol. The molecule has 1 heterocycles. The van der Waals surface area contributed by atoms with Gasteiger partial charge in [0.25, 0.3) is 0 Å². The molecule has 0 radical (unpaired) electrons. The fourth-order valence-electron chi connectivity index (χ4n) is 1.45. The van der Waals surface area contributed by atoms with Crippen LogP contribution in [0, 0.1) is 0 Å². The van der Waals surface area contributed by atoms with Crippen LogP contribution in [0.4, 0.5) is 0 Å². The first-order valence-corrected chi connectivity index (χ1v) is 7.42. The second-order valence-electron chi connectivity index (χ2n) is 3.68. The van der Waals surface area contributed by atoms with E-state index in [1.807, 2.05) is 0 Å². The van der Waals surface area contributed by atoms with E-state index in [0.717, 1.165) is 18.5 Å². The Bertz CT molecular complexity index is 758. The summed E-state index contributed by atoms with van der Waals surface area (Å²) >= 11 is 11.5. The summed E-state index contributed by atoms with van der Waals surface area (Å²) in [6, 6.07) is 2.14. The smallest absolute Gasteiger partial charge is 0.337 e. The normalized spacial score (nSPS) is 11.5. The molecule has 0 bridgehead atoms. The summed E-state index contributed by atoms with van der Waals surface area (Å²) in [5, 5.41) is 11.9. The average molecular weight is 337 g/mol. The number of hydrogen-bond donors (Lipinski definition) is 1. The van der Waals surface area contributed by atoms with Crippen LogP contribution in [0.15, 0.2) is 27.9 Å².